The SMILES string of the molecule is ClCC1CCOc2ccccc2O1. The fourth-order valence-corrected chi connectivity index (χ4v) is 1.53. The van der Waals surface area contributed by atoms with Gasteiger partial charge in [0.1, 0.15) is 6.10 Å². The molecule has 0 aliphatic carbocycles. The Balaban J connectivity index is 2.23. The first-order valence-electron chi connectivity index (χ1n) is 4.34. The van der Waals surface area contributed by atoms with Gasteiger partial charge in [-0.15, -0.1) is 11.6 Å². The van der Waals surface area contributed by atoms with Crippen LogP contribution in [0.4, 0.5) is 0 Å². The van der Waals surface area contributed by atoms with E-state index in [1.807, 2.05) is 24.3 Å². The zero-order valence-corrected chi connectivity index (χ0v) is 7.96. The van der Waals surface area contributed by atoms with Gasteiger partial charge in [0.2, 0.25) is 0 Å². The van der Waals surface area contributed by atoms with Crippen molar-refractivity contribution < 1.29 is 9.47 Å². The number of hydrogen-bond acceptors (Lipinski definition) is 2. The number of hydrogen-bond donors (Lipinski definition) is 0. The number of halogens is 1. The van der Waals surface area contributed by atoms with Gasteiger partial charge in [-0.05, 0) is 12.1 Å². The molecule has 2 rings (SSSR count). The van der Waals surface area contributed by atoms with Gasteiger partial charge in [0.25, 0.3) is 0 Å². The molecule has 0 saturated carbocycles. The lowest BCUT2D eigenvalue weighted by atomic mass is 10.3. The Morgan fingerprint density at radius 3 is 2.85 bits per heavy atom. The van der Waals surface area contributed by atoms with E-state index in [2.05, 4.69) is 0 Å². The Labute approximate surface area is 82.4 Å². The van der Waals surface area contributed by atoms with Crippen molar-refractivity contribution >= 4 is 11.6 Å². The zero-order chi connectivity index (χ0) is 9.10. The predicted molar refractivity (Wildman–Crippen MR) is 51.7 cm³/mol. The van der Waals surface area contributed by atoms with Crippen molar-refractivity contribution in [1.82, 2.24) is 0 Å². The highest BCUT2D eigenvalue weighted by atomic mass is 35.5. The van der Waals surface area contributed by atoms with Crippen molar-refractivity contribution in [3.05, 3.63) is 24.3 Å². The first-order chi connectivity index (χ1) is 6.40. The Kier molecular flexibility index (Phi) is 2.60. The molecule has 0 saturated heterocycles. The molecule has 0 fully saturated rings. The maximum absolute atomic E-state index is 5.74. The molecule has 1 unspecified atom stereocenters. The third-order valence-corrected chi connectivity index (χ3v) is 2.36. The van der Waals surface area contributed by atoms with Gasteiger partial charge in [0.15, 0.2) is 11.5 Å². The Morgan fingerprint density at radius 1 is 1.31 bits per heavy atom. The molecule has 1 atom stereocenters. The predicted octanol–water partition coefficient (Wildman–Crippen LogP) is 2.46. The lowest BCUT2D eigenvalue weighted by Gasteiger charge is -2.12. The number of fused-ring (bicyclic) bond motifs is 1. The molecule has 13 heavy (non-hydrogen) atoms. The second kappa shape index (κ2) is 3.88. The van der Waals surface area contributed by atoms with E-state index in [9.17, 15) is 0 Å². The maximum Gasteiger partial charge on any atom is 0.161 e. The highest BCUT2D eigenvalue weighted by Gasteiger charge is 2.16. The van der Waals surface area contributed by atoms with E-state index in [0.717, 1.165) is 17.9 Å². The summed E-state index contributed by atoms with van der Waals surface area (Å²) in [4.78, 5) is 0. The molecule has 0 amide bonds. The van der Waals surface area contributed by atoms with Crippen LogP contribution in [-0.2, 0) is 0 Å². The highest BCUT2D eigenvalue weighted by molar-refractivity contribution is 6.18. The summed E-state index contributed by atoms with van der Waals surface area (Å²) < 4.78 is 11.1. The van der Waals surface area contributed by atoms with Crippen LogP contribution >= 0.6 is 11.6 Å². The molecular weight excluding hydrogens is 188 g/mol. The van der Waals surface area contributed by atoms with E-state index in [1.54, 1.807) is 0 Å². The summed E-state index contributed by atoms with van der Waals surface area (Å²) in [5, 5.41) is 0. The molecule has 1 aromatic rings. The fourth-order valence-electron chi connectivity index (χ4n) is 1.31. The van der Waals surface area contributed by atoms with Crippen LogP contribution in [0.5, 0.6) is 11.5 Å². The van der Waals surface area contributed by atoms with Crippen molar-refractivity contribution in [1.29, 1.82) is 0 Å². The summed E-state index contributed by atoms with van der Waals surface area (Å²) in [6.45, 7) is 0.675. The molecule has 0 radical (unpaired) electrons. The van der Waals surface area contributed by atoms with Crippen molar-refractivity contribution in [2.24, 2.45) is 0 Å². The molecule has 1 heterocycles. The Hall–Kier alpha value is -0.890. The number of benzene rings is 1. The topological polar surface area (TPSA) is 18.5 Å². The van der Waals surface area contributed by atoms with Gasteiger partial charge in [-0.1, -0.05) is 12.1 Å². The third-order valence-electron chi connectivity index (χ3n) is 2.01. The van der Waals surface area contributed by atoms with Crippen LogP contribution in [0.3, 0.4) is 0 Å². The van der Waals surface area contributed by atoms with E-state index in [-0.39, 0.29) is 6.10 Å². The van der Waals surface area contributed by atoms with Crippen molar-refractivity contribution in [2.45, 2.75) is 12.5 Å². The Morgan fingerprint density at radius 2 is 2.08 bits per heavy atom. The minimum Gasteiger partial charge on any atom is -0.490 e. The normalized spacial score (nSPS) is 20.8. The molecular formula is C10H11ClO2. The molecule has 0 spiro atoms. The third kappa shape index (κ3) is 1.89. The van der Waals surface area contributed by atoms with Crippen LogP contribution in [0.25, 0.3) is 0 Å². The largest absolute Gasteiger partial charge is 0.490 e. The molecule has 70 valence electrons. The average molecular weight is 199 g/mol. The number of alkyl halides is 1. The molecule has 0 N–H and O–H groups in total. The molecule has 1 aliphatic heterocycles. The standard InChI is InChI=1S/C10H11ClO2/c11-7-8-5-6-12-9-3-1-2-4-10(9)13-8/h1-4,8H,5-7H2. The first kappa shape index (κ1) is 8.70. The van der Waals surface area contributed by atoms with Gasteiger partial charge in [0.05, 0.1) is 12.5 Å². The molecule has 3 heteroatoms. The first-order valence-corrected chi connectivity index (χ1v) is 4.88. The monoisotopic (exact) mass is 198 g/mol. The molecule has 2 nitrogen and oxygen atoms in total. The molecule has 0 aromatic heterocycles. The van der Waals surface area contributed by atoms with Gasteiger partial charge < -0.3 is 9.47 Å². The summed E-state index contributed by atoms with van der Waals surface area (Å²) >= 11 is 5.74. The maximum atomic E-state index is 5.74. The number of ether oxygens (including phenoxy) is 2. The summed E-state index contributed by atoms with van der Waals surface area (Å²) in [5.74, 6) is 2.12. The molecule has 0 bridgehead atoms. The molecule has 1 aromatic carbocycles. The van der Waals surface area contributed by atoms with Gasteiger partial charge in [-0.25, -0.2) is 0 Å². The van der Waals surface area contributed by atoms with Crippen LogP contribution in [0, 0.1) is 0 Å². The second-order valence-corrected chi connectivity index (χ2v) is 3.29. The lowest BCUT2D eigenvalue weighted by molar-refractivity contribution is 0.213. The minimum absolute atomic E-state index is 0.0744. The van der Waals surface area contributed by atoms with E-state index in [4.69, 9.17) is 21.1 Å². The van der Waals surface area contributed by atoms with E-state index >= 15 is 0 Å². The van der Waals surface area contributed by atoms with E-state index in [1.165, 1.54) is 0 Å². The number of para-hydroxylation sites is 2. The average Bonchev–Trinajstić information content (AvgIpc) is 2.38. The summed E-state index contributed by atoms with van der Waals surface area (Å²) in [7, 11) is 0. The highest BCUT2D eigenvalue weighted by Crippen LogP contribution is 2.30. The summed E-state index contributed by atoms with van der Waals surface area (Å²) in [6.07, 6.45) is 0.920. The fraction of sp³-hybridized carbons (Fsp3) is 0.400. The quantitative estimate of drug-likeness (QED) is 0.646. The van der Waals surface area contributed by atoms with Crippen LogP contribution in [0.15, 0.2) is 24.3 Å². The second-order valence-electron chi connectivity index (χ2n) is 2.98. The summed E-state index contributed by atoms with van der Waals surface area (Å²) in [5.41, 5.74) is 0. The van der Waals surface area contributed by atoms with Gasteiger partial charge >= 0.3 is 0 Å². The van der Waals surface area contributed by atoms with E-state index in [0.29, 0.717) is 12.5 Å². The van der Waals surface area contributed by atoms with Crippen LogP contribution in [0.1, 0.15) is 6.42 Å². The van der Waals surface area contributed by atoms with Crippen molar-refractivity contribution in [3.8, 4) is 11.5 Å². The smallest absolute Gasteiger partial charge is 0.161 e. The van der Waals surface area contributed by atoms with E-state index < -0.39 is 0 Å². The zero-order valence-electron chi connectivity index (χ0n) is 7.20. The van der Waals surface area contributed by atoms with Gasteiger partial charge in [-0.3, -0.25) is 0 Å². The van der Waals surface area contributed by atoms with Crippen LogP contribution in [0.2, 0.25) is 0 Å². The van der Waals surface area contributed by atoms with Crippen LogP contribution in [-0.4, -0.2) is 18.6 Å². The molecule has 1 aliphatic rings. The van der Waals surface area contributed by atoms with Crippen molar-refractivity contribution in [2.75, 3.05) is 12.5 Å². The van der Waals surface area contributed by atoms with Crippen molar-refractivity contribution in [3.63, 3.8) is 0 Å². The van der Waals surface area contributed by atoms with Gasteiger partial charge in [-0.2, -0.15) is 0 Å². The minimum atomic E-state index is 0.0744. The van der Waals surface area contributed by atoms with Gasteiger partial charge in [0, 0.05) is 6.42 Å². The summed E-state index contributed by atoms with van der Waals surface area (Å²) in [6, 6.07) is 7.67. The lowest BCUT2D eigenvalue weighted by Crippen LogP contribution is -2.18. The Bertz CT molecular complexity index is 288. The van der Waals surface area contributed by atoms with Crippen LogP contribution < -0.4 is 9.47 Å². The number of rotatable bonds is 1.